The Bertz CT molecular complexity index is 978. The van der Waals surface area contributed by atoms with E-state index < -0.39 is 6.10 Å². The second-order valence-electron chi connectivity index (χ2n) is 7.21. The standard InChI is InChI=1S/C20H23N4O3P/c1-3-14-16(28-26)9-15(18(14)25)24-11-21-17-19(24)22-12(2)23-20(17)27-10-13-7-5-4-6-8-13/h4-8,11,14-16,18,25H,3,9-10H2,1-2H3/t14-,15+,16+,18+/m1/s1. The normalized spacial score (nSPS) is 24.8. The molecule has 146 valence electrons. The molecule has 0 aliphatic heterocycles. The monoisotopic (exact) mass is 398 g/mol. The molecule has 0 bridgehead atoms. The third kappa shape index (κ3) is 3.40. The minimum atomic E-state index is -0.585. The van der Waals surface area contributed by atoms with Crippen LogP contribution in [-0.2, 0) is 11.2 Å². The van der Waals surface area contributed by atoms with Gasteiger partial charge in [0.1, 0.15) is 12.4 Å². The maximum Gasteiger partial charge on any atom is 0.246 e. The van der Waals surface area contributed by atoms with E-state index in [0.717, 1.165) is 12.0 Å². The minimum Gasteiger partial charge on any atom is -0.471 e. The summed E-state index contributed by atoms with van der Waals surface area (Å²) < 4.78 is 19.4. The number of aromatic nitrogens is 4. The second kappa shape index (κ2) is 7.94. The van der Waals surface area contributed by atoms with Gasteiger partial charge in [-0.05, 0) is 25.3 Å². The lowest BCUT2D eigenvalue weighted by atomic mass is 10.0. The van der Waals surface area contributed by atoms with E-state index in [1.54, 1.807) is 6.33 Å². The molecular formula is C20H23N4O3P. The number of aliphatic hydroxyl groups is 1. The predicted octanol–water partition coefficient (Wildman–Crippen LogP) is 3.71. The van der Waals surface area contributed by atoms with Crippen molar-refractivity contribution in [3.63, 3.8) is 0 Å². The first kappa shape index (κ1) is 19.0. The summed E-state index contributed by atoms with van der Waals surface area (Å²) in [5, 5.41) is 10.8. The Morgan fingerprint density at radius 1 is 1.29 bits per heavy atom. The second-order valence-corrected chi connectivity index (χ2v) is 8.09. The van der Waals surface area contributed by atoms with Crippen LogP contribution >= 0.6 is 8.46 Å². The van der Waals surface area contributed by atoms with Crippen molar-refractivity contribution in [2.24, 2.45) is 5.92 Å². The SMILES string of the molecule is CC[C@H]1[C@H](O)[C@@H](n2cnc3c(OCc4ccccc4)nc(C)nc32)C[C@@H]1P=O. The van der Waals surface area contributed by atoms with E-state index >= 15 is 0 Å². The van der Waals surface area contributed by atoms with E-state index in [0.29, 0.717) is 35.9 Å². The molecule has 1 aromatic carbocycles. The van der Waals surface area contributed by atoms with Gasteiger partial charge in [0.25, 0.3) is 0 Å². The number of rotatable bonds is 6. The van der Waals surface area contributed by atoms with Crippen molar-refractivity contribution >= 4 is 19.6 Å². The summed E-state index contributed by atoms with van der Waals surface area (Å²) in [6, 6.07) is 9.66. The number of aryl methyl sites for hydroxylation is 1. The Hall–Kier alpha value is -2.37. The molecule has 8 heteroatoms. The molecule has 3 aromatic rings. The lowest BCUT2D eigenvalue weighted by Crippen LogP contribution is -2.24. The molecule has 1 aliphatic carbocycles. The van der Waals surface area contributed by atoms with E-state index in [4.69, 9.17) is 4.74 Å². The first-order valence-electron chi connectivity index (χ1n) is 9.50. The highest BCUT2D eigenvalue weighted by Crippen LogP contribution is 2.43. The first-order chi connectivity index (χ1) is 13.6. The zero-order chi connectivity index (χ0) is 19.7. The van der Waals surface area contributed by atoms with Gasteiger partial charge in [0.15, 0.2) is 19.6 Å². The Morgan fingerprint density at radius 3 is 2.75 bits per heavy atom. The van der Waals surface area contributed by atoms with Gasteiger partial charge in [-0.3, -0.25) is 4.57 Å². The average Bonchev–Trinajstić information content (AvgIpc) is 3.26. The summed E-state index contributed by atoms with van der Waals surface area (Å²) in [6.45, 7) is 4.22. The van der Waals surface area contributed by atoms with E-state index in [9.17, 15) is 9.67 Å². The van der Waals surface area contributed by atoms with Gasteiger partial charge in [0, 0.05) is 11.6 Å². The highest BCUT2D eigenvalue weighted by atomic mass is 31.1. The average molecular weight is 398 g/mol. The van der Waals surface area contributed by atoms with Crippen LogP contribution in [-0.4, -0.2) is 36.4 Å². The number of nitrogens with zero attached hydrogens (tertiary/aromatic N) is 4. The van der Waals surface area contributed by atoms with Gasteiger partial charge < -0.3 is 14.4 Å². The summed E-state index contributed by atoms with van der Waals surface area (Å²) >= 11 is 0. The van der Waals surface area contributed by atoms with E-state index in [1.807, 2.05) is 48.7 Å². The zero-order valence-electron chi connectivity index (χ0n) is 15.9. The largest absolute Gasteiger partial charge is 0.471 e. The summed E-state index contributed by atoms with van der Waals surface area (Å²) in [5.74, 6) is 1.01. The number of benzene rings is 1. The summed E-state index contributed by atoms with van der Waals surface area (Å²) in [4.78, 5) is 13.4. The molecule has 7 nitrogen and oxygen atoms in total. The highest BCUT2D eigenvalue weighted by molar-refractivity contribution is 7.24. The van der Waals surface area contributed by atoms with Crippen molar-refractivity contribution in [3.8, 4) is 5.88 Å². The lowest BCUT2D eigenvalue weighted by molar-refractivity contribution is 0.0948. The molecule has 0 unspecified atom stereocenters. The molecule has 4 atom stereocenters. The fourth-order valence-corrected chi connectivity index (χ4v) is 4.90. The van der Waals surface area contributed by atoms with Gasteiger partial charge in [-0.15, -0.1) is 0 Å². The number of ether oxygens (including phenoxy) is 1. The van der Waals surface area contributed by atoms with Crippen molar-refractivity contribution in [1.29, 1.82) is 0 Å². The van der Waals surface area contributed by atoms with Crippen LogP contribution in [0.4, 0.5) is 0 Å². The van der Waals surface area contributed by atoms with Gasteiger partial charge in [0.2, 0.25) is 5.88 Å². The van der Waals surface area contributed by atoms with Crippen LogP contribution in [0.3, 0.4) is 0 Å². The van der Waals surface area contributed by atoms with E-state index in [2.05, 4.69) is 15.0 Å². The Kier molecular flexibility index (Phi) is 5.38. The number of aliphatic hydroxyl groups excluding tert-OH is 1. The van der Waals surface area contributed by atoms with Crippen LogP contribution in [0, 0.1) is 12.8 Å². The van der Waals surface area contributed by atoms with Gasteiger partial charge in [-0.2, -0.15) is 4.98 Å². The molecule has 1 N–H and O–H groups in total. The molecule has 2 heterocycles. The maximum atomic E-state index is 11.5. The number of imidazole rings is 1. The van der Waals surface area contributed by atoms with Crippen LogP contribution in [0.2, 0.25) is 0 Å². The summed E-state index contributed by atoms with van der Waals surface area (Å²) in [6.07, 6.45) is 2.50. The minimum absolute atomic E-state index is 0.00153. The molecule has 28 heavy (non-hydrogen) atoms. The van der Waals surface area contributed by atoms with E-state index in [-0.39, 0.29) is 26.1 Å². The van der Waals surface area contributed by atoms with Crippen molar-refractivity contribution in [2.75, 3.05) is 0 Å². The number of hydrogen-bond acceptors (Lipinski definition) is 6. The Morgan fingerprint density at radius 2 is 2.07 bits per heavy atom. The Labute approximate surface area is 165 Å². The lowest BCUT2D eigenvalue weighted by Gasteiger charge is -2.20. The van der Waals surface area contributed by atoms with Crippen molar-refractivity contribution in [1.82, 2.24) is 19.5 Å². The van der Waals surface area contributed by atoms with Crippen molar-refractivity contribution < 1.29 is 14.4 Å². The predicted molar refractivity (Wildman–Crippen MR) is 106 cm³/mol. The molecule has 1 aliphatic rings. The van der Waals surface area contributed by atoms with Crippen LogP contribution < -0.4 is 4.74 Å². The third-order valence-electron chi connectivity index (χ3n) is 5.49. The quantitative estimate of drug-likeness (QED) is 0.637. The zero-order valence-corrected chi connectivity index (χ0v) is 16.8. The van der Waals surface area contributed by atoms with E-state index in [1.165, 1.54) is 0 Å². The fourth-order valence-electron chi connectivity index (χ4n) is 4.05. The molecule has 2 aromatic heterocycles. The highest BCUT2D eigenvalue weighted by Gasteiger charge is 2.43. The molecular weight excluding hydrogens is 375 g/mol. The van der Waals surface area contributed by atoms with Crippen LogP contribution in [0.1, 0.15) is 37.2 Å². The van der Waals surface area contributed by atoms with Crippen LogP contribution in [0.25, 0.3) is 11.2 Å². The van der Waals surface area contributed by atoms with Crippen LogP contribution in [0.5, 0.6) is 5.88 Å². The van der Waals surface area contributed by atoms with Gasteiger partial charge in [-0.25, -0.2) is 9.97 Å². The molecule has 4 rings (SSSR count). The summed E-state index contributed by atoms with van der Waals surface area (Å²) in [5.41, 5.74) is 2.20. The van der Waals surface area contributed by atoms with Crippen molar-refractivity contribution in [3.05, 3.63) is 48.0 Å². The van der Waals surface area contributed by atoms with Gasteiger partial charge in [0.05, 0.1) is 18.5 Å². The maximum absolute atomic E-state index is 11.5. The smallest absolute Gasteiger partial charge is 0.246 e. The van der Waals surface area contributed by atoms with Gasteiger partial charge in [-0.1, -0.05) is 37.3 Å². The Balaban J connectivity index is 1.67. The molecule has 0 saturated heterocycles. The summed E-state index contributed by atoms with van der Waals surface area (Å²) in [7, 11) is 0.0830. The first-order valence-corrected chi connectivity index (χ1v) is 10.4. The molecule has 1 fully saturated rings. The number of fused-ring (bicyclic) bond motifs is 1. The number of hydrogen-bond donors (Lipinski definition) is 1. The topological polar surface area (TPSA) is 90.1 Å². The van der Waals surface area contributed by atoms with Crippen molar-refractivity contribution in [2.45, 2.75) is 51.1 Å². The molecule has 1 saturated carbocycles. The fraction of sp³-hybridized carbons (Fsp3) is 0.450. The van der Waals surface area contributed by atoms with Crippen LogP contribution in [0.15, 0.2) is 36.7 Å². The van der Waals surface area contributed by atoms with Gasteiger partial charge >= 0.3 is 0 Å². The molecule has 0 radical (unpaired) electrons. The third-order valence-corrected chi connectivity index (χ3v) is 6.36. The molecule has 0 spiro atoms. The molecule has 0 amide bonds.